The minimum atomic E-state index is 0.840. The predicted octanol–water partition coefficient (Wildman–Crippen LogP) is 3.10. The summed E-state index contributed by atoms with van der Waals surface area (Å²) in [7, 11) is 0. The highest BCUT2D eigenvalue weighted by molar-refractivity contribution is 6.31. The smallest absolute Gasteiger partial charge is 0.0389 e. The van der Waals surface area contributed by atoms with E-state index in [0.29, 0.717) is 0 Å². The van der Waals surface area contributed by atoms with E-state index in [9.17, 15) is 0 Å². The number of hydrogen-bond donors (Lipinski definition) is 0. The van der Waals surface area contributed by atoms with Crippen molar-refractivity contribution in [2.45, 2.75) is 20.8 Å². The van der Waals surface area contributed by atoms with E-state index in [1.54, 1.807) is 0 Å². The summed E-state index contributed by atoms with van der Waals surface area (Å²) in [4.78, 5) is 0. The average molecular weight is 131 g/mol. The van der Waals surface area contributed by atoms with E-state index >= 15 is 0 Å². The van der Waals surface area contributed by atoms with Crippen molar-refractivity contribution in [3.05, 3.63) is 22.8 Å². The molecule has 0 aliphatic carbocycles. The van der Waals surface area contributed by atoms with Crippen LogP contribution >= 0.6 is 11.6 Å². The van der Waals surface area contributed by atoms with Crippen molar-refractivity contribution in [2.24, 2.45) is 0 Å². The third-order valence-corrected chi connectivity index (χ3v) is 1.58. The molecule has 46 valence electrons. The van der Waals surface area contributed by atoms with Crippen molar-refractivity contribution in [2.75, 3.05) is 0 Å². The first-order chi connectivity index (χ1) is 3.72. The lowest BCUT2D eigenvalue weighted by atomic mass is 10.3. The highest BCUT2D eigenvalue weighted by Crippen LogP contribution is 2.11. The minimum Gasteiger partial charge on any atom is -0.0844 e. The summed E-state index contributed by atoms with van der Waals surface area (Å²) in [6.07, 6.45) is 3.87. The van der Waals surface area contributed by atoms with Gasteiger partial charge < -0.3 is 0 Å². The van der Waals surface area contributed by atoms with Gasteiger partial charge in [0, 0.05) is 5.03 Å². The predicted molar refractivity (Wildman–Crippen MR) is 39.0 cm³/mol. The van der Waals surface area contributed by atoms with Gasteiger partial charge in [0.25, 0.3) is 0 Å². The average Bonchev–Trinajstić information content (AvgIpc) is 1.84. The van der Waals surface area contributed by atoms with Crippen LogP contribution in [-0.4, -0.2) is 0 Å². The van der Waals surface area contributed by atoms with Crippen LogP contribution in [0.2, 0.25) is 0 Å². The molecule has 0 saturated carbocycles. The first-order valence-corrected chi connectivity index (χ1v) is 3.05. The van der Waals surface area contributed by atoms with Crippen LogP contribution in [0.5, 0.6) is 0 Å². The van der Waals surface area contributed by atoms with Crippen LogP contribution in [0.1, 0.15) is 20.8 Å². The maximum absolute atomic E-state index is 5.71. The Balaban J connectivity index is 4.04. The van der Waals surface area contributed by atoms with E-state index in [1.807, 2.05) is 32.9 Å². The molecular weight excluding hydrogens is 120 g/mol. The highest BCUT2D eigenvalue weighted by atomic mass is 35.5. The summed E-state index contributed by atoms with van der Waals surface area (Å²) >= 11 is 5.71. The highest BCUT2D eigenvalue weighted by Gasteiger charge is 1.87. The third kappa shape index (κ3) is 2.17. The molecule has 0 fully saturated rings. The molecule has 0 atom stereocenters. The van der Waals surface area contributed by atoms with E-state index in [-0.39, 0.29) is 0 Å². The van der Waals surface area contributed by atoms with Gasteiger partial charge >= 0.3 is 0 Å². The van der Waals surface area contributed by atoms with Crippen molar-refractivity contribution < 1.29 is 0 Å². The Morgan fingerprint density at radius 2 is 1.75 bits per heavy atom. The second-order valence-corrected chi connectivity index (χ2v) is 2.02. The topological polar surface area (TPSA) is 0 Å². The Hall–Kier alpha value is -0.230. The Bertz CT molecular complexity index is 104. The van der Waals surface area contributed by atoms with Crippen LogP contribution in [0.4, 0.5) is 0 Å². The van der Waals surface area contributed by atoms with E-state index in [2.05, 4.69) is 0 Å². The molecular formula is C7H11Cl. The molecule has 0 bridgehead atoms. The number of allylic oxidation sites excluding steroid dienone is 4. The second-order valence-electron chi connectivity index (χ2n) is 1.61. The van der Waals surface area contributed by atoms with E-state index in [1.165, 1.54) is 0 Å². The van der Waals surface area contributed by atoms with Gasteiger partial charge in [-0.15, -0.1) is 0 Å². The van der Waals surface area contributed by atoms with Crippen molar-refractivity contribution in [1.82, 2.24) is 0 Å². The maximum Gasteiger partial charge on any atom is 0.0389 e. The Morgan fingerprint density at radius 3 is 1.88 bits per heavy atom. The van der Waals surface area contributed by atoms with Gasteiger partial charge in [-0.05, 0) is 26.3 Å². The maximum atomic E-state index is 5.71. The summed E-state index contributed by atoms with van der Waals surface area (Å²) < 4.78 is 0. The fourth-order valence-corrected chi connectivity index (χ4v) is 0.475. The summed E-state index contributed by atoms with van der Waals surface area (Å²) in [6, 6.07) is 0. The van der Waals surface area contributed by atoms with Crippen molar-refractivity contribution in [1.29, 1.82) is 0 Å². The molecule has 0 nitrogen and oxygen atoms in total. The van der Waals surface area contributed by atoms with Crippen molar-refractivity contribution >= 4 is 11.6 Å². The molecule has 0 N–H and O–H groups in total. The van der Waals surface area contributed by atoms with Crippen LogP contribution < -0.4 is 0 Å². The summed E-state index contributed by atoms with van der Waals surface area (Å²) in [6.45, 7) is 5.89. The normalized spacial score (nSPS) is 14.5. The molecule has 0 aliphatic rings. The molecule has 0 aromatic rings. The quantitative estimate of drug-likeness (QED) is 0.479. The Morgan fingerprint density at radius 1 is 1.25 bits per heavy atom. The van der Waals surface area contributed by atoms with Gasteiger partial charge in [0.1, 0.15) is 0 Å². The zero-order valence-corrected chi connectivity index (χ0v) is 6.29. The zero-order chi connectivity index (χ0) is 6.57. The summed E-state index contributed by atoms with van der Waals surface area (Å²) in [5, 5.41) is 0.840. The number of halogens is 1. The van der Waals surface area contributed by atoms with Crippen LogP contribution in [0.15, 0.2) is 22.8 Å². The Kier molecular flexibility index (Phi) is 3.63. The molecule has 0 spiro atoms. The van der Waals surface area contributed by atoms with E-state index in [4.69, 9.17) is 11.6 Å². The zero-order valence-electron chi connectivity index (χ0n) is 5.53. The lowest BCUT2D eigenvalue weighted by Crippen LogP contribution is -1.70. The van der Waals surface area contributed by atoms with Crippen LogP contribution in [0.3, 0.4) is 0 Å². The molecule has 0 unspecified atom stereocenters. The fourth-order valence-electron chi connectivity index (χ4n) is 0.366. The van der Waals surface area contributed by atoms with Crippen molar-refractivity contribution in [3.63, 3.8) is 0 Å². The summed E-state index contributed by atoms with van der Waals surface area (Å²) in [5.74, 6) is 0. The largest absolute Gasteiger partial charge is 0.0844 e. The number of rotatable bonds is 1. The van der Waals surface area contributed by atoms with Crippen LogP contribution in [-0.2, 0) is 0 Å². The minimum absolute atomic E-state index is 0.840. The Labute approximate surface area is 55.9 Å². The van der Waals surface area contributed by atoms with Gasteiger partial charge in [-0.25, -0.2) is 0 Å². The SMILES string of the molecule is CC=C(C)C(Cl)=CC. The molecule has 0 aliphatic heterocycles. The van der Waals surface area contributed by atoms with Gasteiger partial charge in [-0.1, -0.05) is 23.8 Å². The molecule has 1 heteroatoms. The first kappa shape index (κ1) is 7.77. The first-order valence-electron chi connectivity index (χ1n) is 2.67. The second kappa shape index (κ2) is 3.73. The summed E-state index contributed by atoms with van der Waals surface area (Å²) in [5.41, 5.74) is 1.13. The van der Waals surface area contributed by atoms with Gasteiger partial charge in [-0.2, -0.15) is 0 Å². The van der Waals surface area contributed by atoms with Crippen molar-refractivity contribution in [3.8, 4) is 0 Å². The molecule has 0 aromatic heterocycles. The van der Waals surface area contributed by atoms with Gasteiger partial charge in [0.05, 0.1) is 0 Å². The fraction of sp³-hybridized carbons (Fsp3) is 0.429. The molecule has 8 heavy (non-hydrogen) atoms. The van der Waals surface area contributed by atoms with Crippen LogP contribution in [0.25, 0.3) is 0 Å². The molecule has 0 radical (unpaired) electrons. The van der Waals surface area contributed by atoms with E-state index in [0.717, 1.165) is 10.6 Å². The third-order valence-electron chi connectivity index (χ3n) is 1.06. The molecule has 0 amide bonds. The van der Waals surface area contributed by atoms with Gasteiger partial charge in [-0.3, -0.25) is 0 Å². The standard InChI is InChI=1S/C7H11Cl/c1-4-6(3)7(8)5-2/h4-5H,1-3H3. The lowest BCUT2D eigenvalue weighted by Gasteiger charge is -1.92. The lowest BCUT2D eigenvalue weighted by molar-refractivity contribution is 1.43. The molecule has 0 heterocycles. The molecule has 0 aromatic carbocycles. The molecule has 0 rings (SSSR count). The monoisotopic (exact) mass is 130 g/mol. The van der Waals surface area contributed by atoms with Crippen LogP contribution in [0, 0.1) is 0 Å². The molecule has 0 saturated heterocycles. The van der Waals surface area contributed by atoms with Gasteiger partial charge in [0.15, 0.2) is 0 Å². The van der Waals surface area contributed by atoms with Gasteiger partial charge in [0.2, 0.25) is 0 Å². The number of hydrogen-bond acceptors (Lipinski definition) is 0. The van der Waals surface area contributed by atoms with E-state index < -0.39 is 0 Å².